The average molecular weight is 410 g/mol. The molecule has 0 saturated heterocycles. The normalized spacial score (nSPS) is 10.4. The van der Waals surface area contributed by atoms with Gasteiger partial charge in [0.1, 0.15) is 5.82 Å². The highest BCUT2D eigenvalue weighted by molar-refractivity contribution is 6.82. The van der Waals surface area contributed by atoms with Crippen LogP contribution < -0.4 is 4.90 Å². The first-order valence-corrected chi connectivity index (χ1v) is 9.31. The van der Waals surface area contributed by atoms with E-state index in [1.165, 1.54) is 6.07 Å². The lowest BCUT2D eigenvalue weighted by atomic mass is 10.0. The molecule has 0 spiro atoms. The van der Waals surface area contributed by atoms with Crippen molar-refractivity contribution < 1.29 is 18.8 Å². The molecule has 0 aliphatic carbocycles. The molecule has 0 fully saturated rings. The summed E-state index contributed by atoms with van der Waals surface area (Å²) in [6.07, 6.45) is 0.651. The number of amides is 1. The summed E-state index contributed by atoms with van der Waals surface area (Å²) in [5.74, 6) is -1.99. The van der Waals surface area contributed by atoms with Crippen molar-refractivity contribution in [2.75, 3.05) is 4.90 Å². The molecule has 0 atom stereocenters. The Labute approximate surface area is 172 Å². The van der Waals surface area contributed by atoms with E-state index in [1.54, 1.807) is 30.3 Å². The molecular formula is C23H17ClFNO3. The fourth-order valence-corrected chi connectivity index (χ4v) is 3.08. The number of para-hydroxylation sites is 1. The number of Topliss-reactive ketones (excluding diaryl/α,β-unsaturated/α-hetero) is 1. The summed E-state index contributed by atoms with van der Waals surface area (Å²) in [5.41, 5.74) is 1.40. The molecule has 0 N–H and O–H groups in total. The molecule has 0 aromatic heterocycles. The van der Waals surface area contributed by atoms with Gasteiger partial charge in [-0.3, -0.25) is 19.3 Å². The minimum absolute atomic E-state index is 0.0201. The van der Waals surface area contributed by atoms with E-state index in [1.807, 2.05) is 30.3 Å². The molecular weight excluding hydrogens is 393 g/mol. The Kier molecular flexibility index (Phi) is 6.52. The highest BCUT2D eigenvalue weighted by Crippen LogP contribution is 2.31. The van der Waals surface area contributed by atoms with Crippen molar-refractivity contribution in [3.63, 3.8) is 0 Å². The van der Waals surface area contributed by atoms with Gasteiger partial charge in [-0.15, -0.1) is 0 Å². The van der Waals surface area contributed by atoms with Crippen LogP contribution in [0.2, 0.25) is 0 Å². The lowest BCUT2D eigenvalue weighted by Crippen LogP contribution is -2.31. The van der Waals surface area contributed by atoms with E-state index in [-0.39, 0.29) is 23.5 Å². The average Bonchev–Trinajstić information content (AvgIpc) is 2.74. The van der Waals surface area contributed by atoms with Crippen molar-refractivity contribution >= 4 is 39.9 Å². The summed E-state index contributed by atoms with van der Waals surface area (Å²) in [7, 11) is 0. The van der Waals surface area contributed by atoms with Crippen molar-refractivity contribution in [3.05, 3.63) is 95.8 Å². The summed E-state index contributed by atoms with van der Waals surface area (Å²) in [6.45, 7) is 0. The predicted octanol–water partition coefficient (Wildman–Crippen LogP) is 5.07. The molecule has 3 aromatic rings. The van der Waals surface area contributed by atoms with E-state index in [0.29, 0.717) is 12.1 Å². The van der Waals surface area contributed by atoms with E-state index in [0.717, 1.165) is 22.6 Å². The summed E-state index contributed by atoms with van der Waals surface area (Å²) in [5, 5.41) is -1.24. The molecule has 146 valence electrons. The van der Waals surface area contributed by atoms with Crippen molar-refractivity contribution in [2.24, 2.45) is 0 Å². The Morgan fingerprint density at radius 1 is 0.862 bits per heavy atom. The molecule has 0 heterocycles. The molecule has 6 heteroatoms. The smallest absolute Gasteiger partial charge is 0.294 e. The van der Waals surface area contributed by atoms with Crippen LogP contribution in [0.3, 0.4) is 0 Å². The topological polar surface area (TPSA) is 54.5 Å². The molecule has 0 aliphatic heterocycles. The van der Waals surface area contributed by atoms with Crippen LogP contribution in [-0.2, 0) is 16.0 Å². The van der Waals surface area contributed by atoms with Crippen molar-refractivity contribution in [1.82, 2.24) is 0 Å². The van der Waals surface area contributed by atoms with Gasteiger partial charge < -0.3 is 0 Å². The second-order valence-electron chi connectivity index (χ2n) is 6.32. The van der Waals surface area contributed by atoms with Gasteiger partial charge in [-0.05, 0) is 53.9 Å². The van der Waals surface area contributed by atoms with Crippen LogP contribution in [0.25, 0.3) is 0 Å². The van der Waals surface area contributed by atoms with Crippen molar-refractivity contribution in [1.29, 1.82) is 0 Å². The van der Waals surface area contributed by atoms with Crippen LogP contribution in [0.4, 0.5) is 15.8 Å². The largest absolute Gasteiger partial charge is 0.315 e. The van der Waals surface area contributed by atoms with Crippen LogP contribution >= 0.6 is 11.6 Å². The molecule has 0 aliphatic rings. The Morgan fingerprint density at radius 2 is 1.48 bits per heavy atom. The van der Waals surface area contributed by atoms with Crippen LogP contribution in [0.1, 0.15) is 22.3 Å². The number of carbonyl (C=O) groups is 3. The van der Waals surface area contributed by atoms with Gasteiger partial charge in [0.15, 0.2) is 5.78 Å². The lowest BCUT2D eigenvalue weighted by molar-refractivity contribution is -0.131. The Balaban J connectivity index is 2.00. The van der Waals surface area contributed by atoms with Crippen LogP contribution in [0.15, 0.2) is 78.9 Å². The van der Waals surface area contributed by atoms with E-state index >= 15 is 0 Å². The molecule has 4 nitrogen and oxygen atoms in total. The highest BCUT2D eigenvalue weighted by Gasteiger charge is 2.27. The first kappa shape index (κ1) is 20.4. The zero-order valence-corrected chi connectivity index (χ0v) is 16.1. The van der Waals surface area contributed by atoms with Crippen molar-refractivity contribution in [2.45, 2.75) is 12.8 Å². The number of nitrogens with zero attached hydrogens (tertiary/aromatic N) is 1. The molecule has 3 aromatic carbocycles. The SMILES string of the molecule is O=C(Cl)C(=O)N(c1ccccc1)c1cc(F)ccc1C(=O)CCc1ccccc1. The molecule has 3 rings (SSSR count). The monoisotopic (exact) mass is 409 g/mol. The van der Waals surface area contributed by atoms with Crippen LogP contribution in [0.5, 0.6) is 0 Å². The number of ketones is 1. The summed E-state index contributed by atoms with van der Waals surface area (Å²) in [6, 6.07) is 21.2. The number of halogens is 2. The number of benzene rings is 3. The maximum absolute atomic E-state index is 14.0. The Bertz CT molecular complexity index is 1040. The molecule has 0 radical (unpaired) electrons. The number of aryl methyl sites for hydroxylation is 1. The van der Waals surface area contributed by atoms with Gasteiger partial charge in [0.2, 0.25) is 0 Å². The van der Waals surface area contributed by atoms with Gasteiger partial charge in [0.05, 0.1) is 5.69 Å². The maximum Gasteiger partial charge on any atom is 0.315 e. The second-order valence-corrected chi connectivity index (χ2v) is 6.66. The van der Waals surface area contributed by atoms with Gasteiger partial charge in [0.25, 0.3) is 0 Å². The zero-order chi connectivity index (χ0) is 20.8. The predicted molar refractivity (Wildman–Crippen MR) is 110 cm³/mol. The molecule has 0 unspecified atom stereocenters. The van der Waals surface area contributed by atoms with E-state index < -0.39 is 17.0 Å². The second kappa shape index (κ2) is 9.26. The van der Waals surface area contributed by atoms with E-state index in [9.17, 15) is 18.8 Å². The maximum atomic E-state index is 14.0. The summed E-state index contributed by atoms with van der Waals surface area (Å²) in [4.78, 5) is 38.0. The third-order valence-corrected chi connectivity index (χ3v) is 4.53. The Hall–Kier alpha value is -3.31. The lowest BCUT2D eigenvalue weighted by Gasteiger charge is -2.23. The fourth-order valence-electron chi connectivity index (χ4n) is 2.99. The quantitative estimate of drug-likeness (QED) is 0.311. The van der Waals surface area contributed by atoms with Gasteiger partial charge in [-0.1, -0.05) is 48.5 Å². The van der Waals surface area contributed by atoms with Gasteiger partial charge in [-0.25, -0.2) is 4.39 Å². The highest BCUT2D eigenvalue weighted by atomic mass is 35.5. The zero-order valence-electron chi connectivity index (χ0n) is 15.3. The van der Waals surface area contributed by atoms with Crippen LogP contribution in [0, 0.1) is 5.82 Å². The number of anilines is 2. The van der Waals surface area contributed by atoms with Gasteiger partial charge in [0, 0.05) is 17.7 Å². The first-order valence-electron chi connectivity index (χ1n) is 8.93. The van der Waals surface area contributed by atoms with Crippen LogP contribution in [-0.4, -0.2) is 16.9 Å². The third-order valence-electron chi connectivity index (χ3n) is 4.37. The Morgan fingerprint density at radius 3 is 2.10 bits per heavy atom. The van der Waals surface area contributed by atoms with E-state index in [2.05, 4.69) is 0 Å². The summed E-state index contributed by atoms with van der Waals surface area (Å²) >= 11 is 5.43. The first-order chi connectivity index (χ1) is 14.0. The minimum Gasteiger partial charge on any atom is -0.294 e. The number of rotatable bonds is 7. The number of carbonyl (C=O) groups excluding carboxylic acids is 3. The number of hydrogen-bond acceptors (Lipinski definition) is 3. The van der Waals surface area contributed by atoms with Crippen molar-refractivity contribution in [3.8, 4) is 0 Å². The molecule has 1 amide bonds. The standard InChI is InChI=1S/C23H17ClFNO3/c24-22(28)23(29)26(18-9-5-2-6-10-18)20-15-17(25)12-13-19(20)21(27)14-11-16-7-3-1-4-8-16/h1-10,12-13,15H,11,14H2. The fraction of sp³-hybridized carbons (Fsp3) is 0.0870. The van der Waals surface area contributed by atoms with E-state index in [4.69, 9.17) is 11.6 Å². The van der Waals surface area contributed by atoms with Gasteiger partial charge >= 0.3 is 11.1 Å². The third kappa shape index (κ3) is 4.95. The minimum atomic E-state index is -1.24. The molecule has 0 bridgehead atoms. The van der Waals surface area contributed by atoms with Gasteiger partial charge in [-0.2, -0.15) is 0 Å². The number of hydrogen-bond donors (Lipinski definition) is 0. The summed E-state index contributed by atoms with van der Waals surface area (Å²) < 4.78 is 14.0. The molecule has 29 heavy (non-hydrogen) atoms. The molecule has 0 saturated carbocycles.